The summed E-state index contributed by atoms with van der Waals surface area (Å²) in [5, 5.41) is 14.8. The molecule has 3 aromatic rings. The van der Waals surface area contributed by atoms with Crippen molar-refractivity contribution in [3.8, 4) is 28.8 Å². The molecule has 0 spiro atoms. The molecule has 40 heavy (non-hydrogen) atoms. The van der Waals surface area contributed by atoms with Gasteiger partial charge in [-0.15, -0.1) is 0 Å². The summed E-state index contributed by atoms with van der Waals surface area (Å²) in [6, 6.07) is 19.4. The first-order valence-corrected chi connectivity index (χ1v) is 14.0. The summed E-state index contributed by atoms with van der Waals surface area (Å²) in [5.41, 5.74) is 3.94. The number of imide groups is 1. The molecule has 1 saturated carbocycles. The Morgan fingerprint density at radius 3 is 2.38 bits per heavy atom. The van der Waals surface area contributed by atoms with E-state index < -0.39 is 5.91 Å². The van der Waals surface area contributed by atoms with Crippen molar-refractivity contribution < 1.29 is 14.3 Å². The number of hydrogen-bond acceptors (Lipinski definition) is 5. The van der Waals surface area contributed by atoms with Gasteiger partial charge in [-0.2, -0.15) is 10.4 Å². The lowest BCUT2D eigenvalue weighted by Gasteiger charge is -2.36. The Morgan fingerprint density at radius 1 is 1.02 bits per heavy atom. The Bertz CT molecular complexity index is 1500. The molecular weight excluding hydrogens is 500 g/mol. The van der Waals surface area contributed by atoms with Crippen LogP contribution in [0, 0.1) is 17.2 Å². The highest BCUT2D eigenvalue weighted by Crippen LogP contribution is 2.34. The third kappa shape index (κ3) is 5.48. The lowest BCUT2D eigenvalue weighted by Crippen LogP contribution is -2.49. The number of hydrogen-bond donors (Lipinski definition) is 0. The van der Waals surface area contributed by atoms with Crippen LogP contribution in [0.5, 0.6) is 5.75 Å². The van der Waals surface area contributed by atoms with Gasteiger partial charge in [0.05, 0.1) is 18.0 Å². The van der Waals surface area contributed by atoms with Crippen LogP contribution >= 0.6 is 0 Å². The van der Waals surface area contributed by atoms with Crippen molar-refractivity contribution >= 4 is 17.9 Å². The van der Waals surface area contributed by atoms with E-state index >= 15 is 0 Å². The van der Waals surface area contributed by atoms with Crippen molar-refractivity contribution in [2.75, 3.05) is 6.61 Å². The summed E-state index contributed by atoms with van der Waals surface area (Å²) >= 11 is 0. The van der Waals surface area contributed by atoms with Crippen LogP contribution in [0.25, 0.3) is 23.0 Å². The standard InChI is InChI=1S/C33H34N4O3/c1-22(2)21-40-28-16-14-24(15-17-28)31-25(20-36(35-31)26-10-6-4-7-11-26)18-29-23(3)30(19-34)33(39)37(32(29)38)27-12-8-5-9-13-27/h4,6-7,10-11,14-18,20,22,27H,5,8-9,12-13,21H2,1-3H3/b29-18+. The van der Waals surface area contributed by atoms with Crippen molar-refractivity contribution in [1.82, 2.24) is 14.7 Å². The lowest BCUT2D eigenvalue weighted by atomic mass is 9.88. The first-order valence-electron chi connectivity index (χ1n) is 14.0. The van der Waals surface area contributed by atoms with Crippen LogP contribution in [0.1, 0.15) is 58.4 Å². The second kappa shape index (κ2) is 11.7. The summed E-state index contributed by atoms with van der Waals surface area (Å²) in [6.45, 7) is 6.52. The smallest absolute Gasteiger partial charge is 0.271 e. The van der Waals surface area contributed by atoms with Gasteiger partial charge in [0.1, 0.15) is 17.4 Å². The third-order valence-electron chi connectivity index (χ3n) is 7.49. The Kier molecular flexibility index (Phi) is 7.97. The van der Waals surface area contributed by atoms with E-state index in [1.165, 1.54) is 4.90 Å². The zero-order chi connectivity index (χ0) is 28.2. The summed E-state index contributed by atoms with van der Waals surface area (Å²) < 4.78 is 7.64. The Hall–Kier alpha value is -4.44. The van der Waals surface area contributed by atoms with Crippen LogP contribution in [0.15, 0.2) is 77.5 Å². The summed E-state index contributed by atoms with van der Waals surface area (Å²) in [4.78, 5) is 28.4. The number of carbonyl (C=O) groups is 2. The molecule has 1 aliphatic heterocycles. The molecule has 1 aliphatic carbocycles. The summed E-state index contributed by atoms with van der Waals surface area (Å²) in [6.07, 6.45) is 8.23. The van der Waals surface area contributed by atoms with Crippen LogP contribution in [0.2, 0.25) is 0 Å². The van der Waals surface area contributed by atoms with E-state index in [0.29, 0.717) is 29.4 Å². The molecule has 7 nitrogen and oxygen atoms in total. The molecule has 0 bridgehead atoms. The minimum Gasteiger partial charge on any atom is -0.493 e. The molecule has 2 heterocycles. The molecule has 0 atom stereocenters. The maximum atomic E-state index is 13.9. The van der Waals surface area contributed by atoms with Gasteiger partial charge < -0.3 is 4.74 Å². The molecular formula is C33H34N4O3. The molecule has 0 unspecified atom stereocenters. The van der Waals surface area contributed by atoms with Crippen molar-refractivity contribution in [3.63, 3.8) is 0 Å². The Morgan fingerprint density at radius 2 is 1.73 bits per heavy atom. The maximum Gasteiger partial charge on any atom is 0.271 e. The Labute approximate surface area is 235 Å². The number of nitriles is 1. The molecule has 7 heteroatoms. The lowest BCUT2D eigenvalue weighted by molar-refractivity contribution is -0.143. The van der Waals surface area contributed by atoms with Gasteiger partial charge in [-0.1, -0.05) is 51.3 Å². The second-order valence-corrected chi connectivity index (χ2v) is 10.9. The van der Waals surface area contributed by atoms with Crippen molar-refractivity contribution in [2.24, 2.45) is 5.92 Å². The van der Waals surface area contributed by atoms with Crippen molar-refractivity contribution in [2.45, 2.75) is 58.9 Å². The molecule has 0 saturated heterocycles. The monoisotopic (exact) mass is 534 g/mol. The molecule has 0 N–H and O–H groups in total. The minimum atomic E-state index is -0.480. The average Bonchev–Trinajstić information content (AvgIpc) is 3.40. The van der Waals surface area contributed by atoms with Gasteiger partial charge in [-0.05, 0) is 73.7 Å². The number of para-hydroxylation sites is 1. The van der Waals surface area contributed by atoms with E-state index in [1.807, 2.05) is 60.8 Å². The van der Waals surface area contributed by atoms with Gasteiger partial charge in [0.25, 0.3) is 11.8 Å². The highest BCUT2D eigenvalue weighted by Gasteiger charge is 2.40. The van der Waals surface area contributed by atoms with Gasteiger partial charge in [-0.25, -0.2) is 4.68 Å². The minimum absolute atomic E-state index is 0.0279. The van der Waals surface area contributed by atoms with E-state index in [-0.39, 0.29) is 17.5 Å². The number of carbonyl (C=O) groups excluding carboxylic acids is 2. The highest BCUT2D eigenvalue weighted by atomic mass is 16.5. The molecule has 204 valence electrons. The third-order valence-corrected chi connectivity index (χ3v) is 7.49. The fraction of sp³-hybridized carbons (Fsp3) is 0.333. The number of ether oxygens (including phenoxy) is 1. The SMILES string of the molecule is CC1=C(C#N)C(=O)N(C2CCCCC2)C(=O)/C1=C/c1cn(-c2ccccc2)nc1-c1ccc(OCC(C)C)cc1. The van der Waals surface area contributed by atoms with Gasteiger partial charge in [0, 0.05) is 28.9 Å². The van der Waals surface area contributed by atoms with Crippen molar-refractivity contribution in [1.29, 1.82) is 5.26 Å². The summed E-state index contributed by atoms with van der Waals surface area (Å²) in [5.74, 6) is 0.374. The first kappa shape index (κ1) is 27.1. The predicted molar refractivity (Wildman–Crippen MR) is 154 cm³/mol. The zero-order valence-corrected chi connectivity index (χ0v) is 23.3. The van der Waals surface area contributed by atoms with Gasteiger partial charge in [0.2, 0.25) is 0 Å². The van der Waals surface area contributed by atoms with Crippen molar-refractivity contribution in [3.05, 3.63) is 83.1 Å². The predicted octanol–water partition coefficient (Wildman–Crippen LogP) is 6.50. The largest absolute Gasteiger partial charge is 0.493 e. The molecule has 1 aromatic heterocycles. The molecule has 2 amide bonds. The van der Waals surface area contributed by atoms with Crippen LogP contribution in [0.4, 0.5) is 0 Å². The van der Waals surface area contributed by atoms with Gasteiger partial charge in [-0.3, -0.25) is 14.5 Å². The average molecular weight is 535 g/mol. The van der Waals surface area contributed by atoms with E-state index in [2.05, 4.69) is 19.9 Å². The van der Waals surface area contributed by atoms with E-state index in [9.17, 15) is 14.9 Å². The normalized spacial score (nSPS) is 17.6. The molecule has 2 aromatic carbocycles. The number of aromatic nitrogens is 2. The number of benzene rings is 2. The molecule has 1 fully saturated rings. The zero-order valence-electron chi connectivity index (χ0n) is 23.3. The van der Waals surface area contributed by atoms with Crippen LogP contribution < -0.4 is 4.74 Å². The van der Waals surface area contributed by atoms with E-state index in [0.717, 1.165) is 54.7 Å². The van der Waals surface area contributed by atoms with E-state index in [1.54, 1.807) is 17.7 Å². The van der Waals surface area contributed by atoms with Crippen LogP contribution in [-0.2, 0) is 9.59 Å². The second-order valence-electron chi connectivity index (χ2n) is 10.9. The van der Waals surface area contributed by atoms with Gasteiger partial charge >= 0.3 is 0 Å². The molecule has 2 aliphatic rings. The topological polar surface area (TPSA) is 88.2 Å². The van der Waals surface area contributed by atoms with Crippen LogP contribution in [-0.4, -0.2) is 39.1 Å². The maximum absolute atomic E-state index is 13.9. The fourth-order valence-electron chi connectivity index (χ4n) is 5.33. The summed E-state index contributed by atoms with van der Waals surface area (Å²) in [7, 11) is 0. The van der Waals surface area contributed by atoms with E-state index in [4.69, 9.17) is 9.84 Å². The van der Waals surface area contributed by atoms with Gasteiger partial charge in [0.15, 0.2) is 0 Å². The Balaban J connectivity index is 1.60. The molecule has 5 rings (SSSR count). The highest BCUT2D eigenvalue weighted by molar-refractivity contribution is 6.20. The number of nitrogens with zero attached hydrogens (tertiary/aromatic N) is 4. The first-order chi connectivity index (χ1) is 19.4. The number of amides is 2. The quantitative estimate of drug-likeness (QED) is 0.255. The molecule has 0 radical (unpaired) electrons. The fourth-order valence-corrected chi connectivity index (χ4v) is 5.33. The number of rotatable bonds is 7. The van der Waals surface area contributed by atoms with Crippen LogP contribution in [0.3, 0.4) is 0 Å².